The molecule has 3 rings (SSSR count). The summed E-state index contributed by atoms with van der Waals surface area (Å²) in [5.41, 5.74) is 3.64. The molecule has 0 saturated carbocycles. The first-order valence-corrected chi connectivity index (χ1v) is 8.44. The number of amides is 1. The van der Waals surface area contributed by atoms with E-state index in [4.69, 9.17) is 5.26 Å². The number of thiophene rings is 1. The molecule has 0 atom stereocenters. The van der Waals surface area contributed by atoms with E-state index in [1.807, 2.05) is 53.9 Å². The highest BCUT2D eigenvalue weighted by Crippen LogP contribution is 2.29. The SMILES string of the molecule is CN(Cc1ccc(C#N)cc1)C(=O)c1sccc1-c1ccccc1. The first-order valence-electron chi connectivity index (χ1n) is 7.56. The lowest BCUT2D eigenvalue weighted by Gasteiger charge is -2.17. The topological polar surface area (TPSA) is 44.1 Å². The molecular weight excluding hydrogens is 316 g/mol. The van der Waals surface area contributed by atoms with Gasteiger partial charge in [0, 0.05) is 19.2 Å². The molecule has 0 bridgehead atoms. The predicted octanol–water partition coefficient (Wildman–Crippen LogP) is 4.56. The molecule has 0 aliphatic rings. The molecule has 24 heavy (non-hydrogen) atoms. The first-order chi connectivity index (χ1) is 11.7. The summed E-state index contributed by atoms with van der Waals surface area (Å²) in [4.78, 5) is 15.3. The third kappa shape index (κ3) is 3.37. The number of rotatable bonds is 4. The van der Waals surface area contributed by atoms with Crippen molar-refractivity contribution in [3.8, 4) is 17.2 Å². The second-order valence-corrected chi connectivity index (χ2v) is 6.42. The summed E-state index contributed by atoms with van der Waals surface area (Å²) >= 11 is 1.46. The van der Waals surface area contributed by atoms with Crippen LogP contribution in [0.25, 0.3) is 11.1 Å². The molecule has 2 aromatic carbocycles. The fourth-order valence-corrected chi connectivity index (χ4v) is 3.43. The van der Waals surface area contributed by atoms with E-state index in [0.717, 1.165) is 21.6 Å². The third-order valence-electron chi connectivity index (χ3n) is 3.79. The van der Waals surface area contributed by atoms with E-state index in [1.54, 1.807) is 24.1 Å². The Morgan fingerprint density at radius 2 is 1.79 bits per heavy atom. The molecule has 3 aromatic rings. The van der Waals surface area contributed by atoms with E-state index in [-0.39, 0.29) is 5.91 Å². The van der Waals surface area contributed by atoms with E-state index in [9.17, 15) is 4.79 Å². The van der Waals surface area contributed by atoms with Gasteiger partial charge in [0.2, 0.25) is 0 Å². The normalized spacial score (nSPS) is 10.2. The van der Waals surface area contributed by atoms with Crippen LogP contribution >= 0.6 is 11.3 Å². The van der Waals surface area contributed by atoms with Crippen molar-refractivity contribution in [3.63, 3.8) is 0 Å². The van der Waals surface area contributed by atoms with Crippen LogP contribution in [-0.4, -0.2) is 17.9 Å². The molecule has 1 amide bonds. The number of hydrogen-bond donors (Lipinski definition) is 0. The minimum absolute atomic E-state index is 0.00760. The van der Waals surface area contributed by atoms with Crippen molar-refractivity contribution in [2.75, 3.05) is 7.05 Å². The van der Waals surface area contributed by atoms with Crippen molar-refractivity contribution in [1.29, 1.82) is 5.26 Å². The molecule has 4 heteroatoms. The lowest BCUT2D eigenvalue weighted by atomic mass is 10.1. The van der Waals surface area contributed by atoms with Gasteiger partial charge in [-0.3, -0.25) is 4.79 Å². The summed E-state index contributed by atoms with van der Waals surface area (Å²) in [6, 6.07) is 21.3. The maximum absolute atomic E-state index is 12.8. The predicted molar refractivity (Wildman–Crippen MR) is 96.7 cm³/mol. The Balaban J connectivity index is 1.79. The van der Waals surface area contributed by atoms with Crippen LogP contribution in [0.4, 0.5) is 0 Å². The van der Waals surface area contributed by atoms with Crippen LogP contribution in [0, 0.1) is 11.3 Å². The quantitative estimate of drug-likeness (QED) is 0.703. The summed E-state index contributed by atoms with van der Waals surface area (Å²) in [5.74, 6) is 0.00760. The van der Waals surface area contributed by atoms with Crippen molar-refractivity contribution >= 4 is 17.2 Å². The Labute approximate surface area is 145 Å². The molecule has 118 valence electrons. The maximum atomic E-state index is 12.8. The third-order valence-corrected chi connectivity index (χ3v) is 4.70. The van der Waals surface area contributed by atoms with Crippen LogP contribution < -0.4 is 0 Å². The Bertz CT molecular complexity index is 876. The van der Waals surface area contributed by atoms with Gasteiger partial charge in [-0.15, -0.1) is 11.3 Å². The molecule has 0 radical (unpaired) electrons. The van der Waals surface area contributed by atoms with Crippen LogP contribution in [0.15, 0.2) is 66.0 Å². The zero-order valence-electron chi connectivity index (χ0n) is 13.3. The fourth-order valence-electron chi connectivity index (χ4n) is 2.52. The van der Waals surface area contributed by atoms with Crippen LogP contribution in [-0.2, 0) is 6.54 Å². The van der Waals surface area contributed by atoms with Gasteiger partial charge in [-0.25, -0.2) is 0 Å². The lowest BCUT2D eigenvalue weighted by Crippen LogP contribution is -2.25. The molecule has 3 nitrogen and oxygen atoms in total. The van der Waals surface area contributed by atoms with E-state index in [0.29, 0.717) is 12.1 Å². The number of nitrogens with zero attached hydrogens (tertiary/aromatic N) is 2. The van der Waals surface area contributed by atoms with Crippen molar-refractivity contribution in [1.82, 2.24) is 4.90 Å². The molecular formula is C20H16N2OS. The molecule has 0 spiro atoms. The van der Waals surface area contributed by atoms with Crippen molar-refractivity contribution in [2.45, 2.75) is 6.54 Å². The zero-order chi connectivity index (χ0) is 16.9. The molecule has 0 saturated heterocycles. The van der Waals surface area contributed by atoms with E-state index in [2.05, 4.69) is 6.07 Å². The number of benzene rings is 2. The molecule has 1 aromatic heterocycles. The van der Waals surface area contributed by atoms with E-state index in [1.165, 1.54) is 11.3 Å². The largest absolute Gasteiger partial charge is 0.337 e. The number of hydrogen-bond acceptors (Lipinski definition) is 3. The average molecular weight is 332 g/mol. The van der Waals surface area contributed by atoms with Gasteiger partial charge in [0.25, 0.3) is 5.91 Å². The van der Waals surface area contributed by atoms with Crippen molar-refractivity contribution < 1.29 is 4.79 Å². The molecule has 0 N–H and O–H groups in total. The smallest absolute Gasteiger partial charge is 0.264 e. The van der Waals surface area contributed by atoms with Crippen LogP contribution in [0.1, 0.15) is 20.8 Å². The van der Waals surface area contributed by atoms with Gasteiger partial charge in [0.1, 0.15) is 0 Å². The second-order valence-electron chi connectivity index (χ2n) is 5.50. The Hall–Kier alpha value is -2.90. The highest BCUT2D eigenvalue weighted by Gasteiger charge is 2.18. The minimum Gasteiger partial charge on any atom is -0.337 e. The molecule has 0 aliphatic heterocycles. The highest BCUT2D eigenvalue weighted by molar-refractivity contribution is 7.12. The van der Waals surface area contributed by atoms with Gasteiger partial charge in [0.15, 0.2) is 0 Å². The van der Waals surface area contributed by atoms with Crippen LogP contribution in [0.2, 0.25) is 0 Å². The number of nitriles is 1. The molecule has 0 aliphatic carbocycles. The fraction of sp³-hybridized carbons (Fsp3) is 0.100. The standard InChI is InChI=1S/C20H16N2OS/c1-22(14-16-9-7-15(13-21)8-10-16)20(23)19-18(11-12-24-19)17-5-3-2-4-6-17/h2-12H,14H2,1H3. The van der Waals surface area contributed by atoms with Crippen molar-refractivity contribution in [2.24, 2.45) is 0 Å². The van der Waals surface area contributed by atoms with Gasteiger partial charge in [0.05, 0.1) is 16.5 Å². The van der Waals surface area contributed by atoms with Crippen molar-refractivity contribution in [3.05, 3.63) is 82.0 Å². The monoisotopic (exact) mass is 332 g/mol. The molecule has 0 unspecified atom stereocenters. The van der Waals surface area contributed by atoms with Crippen LogP contribution in [0.5, 0.6) is 0 Å². The van der Waals surface area contributed by atoms with E-state index < -0.39 is 0 Å². The van der Waals surface area contributed by atoms with Crippen LogP contribution in [0.3, 0.4) is 0 Å². The summed E-state index contributed by atoms with van der Waals surface area (Å²) in [5, 5.41) is 10.8. The number of carbonyl (C=O) groups excluding carboxylic acids is 1. The Kier molecular flexibility index (Phi) is 4.74. The number of carbonyl (C=O) groups is 1. The van der Waals surface area contributed by atoms with Gasteiger partial charge in [-0.05, 0) is 34.7 Å². The second kappa shape index (κ2) is 7.12. The summed E-state index contributed by atoms with van der Waals surface area (Å²) in [6.45, 7) is 0.511. The summed E-state index contributed by atoms with van der Waals surface area (Å²) in [7, 11) is 1.80. The Morgan fingerprint density at radius 1 is 1.08 bits per heavy atom. The summed E-state index contributed by atoms with van der Waals surface area (Å²) in [6.07, 6.45) is 0. The minimum atomic E-state index is 0.00760. The molecule has 0 fully saturated rings. The molecule has 1 heterocycles. The maximum Gasteiger partial charge on any atom is 0.264 e. The zero-order valence-corrected chi connectivity index (χ0v) is 14.1. The first kappa shape index (κ1) is 16.0. The van der Waals surface area contributed by atoms with Gasteiger partial charge >= 0.3 is 0 Å². The highest BCUT2D eigenvalue weighted by atomic mass is 32.1. The van der Waals surface area contributed by atoms with E-state index >= 15 is 0 Å². The van der Waals surface area contributed by atoms with Gasteiger partial charge in [-0.1, -0.05) is 42.5 Å². The summed E-state index contributed by atoms with van der Waals surface area (Å²) < 4.78 is 0. The van der Waals surface area contributed by atoms with Gasteiger partial charge in [-0.2, -0.15) is 5.26 Å². The lowest BCUT2D eigenvalue weighted by molar-refractivity contribution is 0.0790. The average Bonchev–Trinajstić information content (AvgIpc) is 3.12. The van der Waals surface area contributed by atoms with Gasteiger partial charge < -0.3 is 4.90 Å². The Morgan fingerprint density at radius 3 is 2.46 bits per heavy atom.